The number of aryl methyl sites for hydroxylation is 2. The molecule has 0 aliphatic rings. The van der Waals surface area contributed by atoms with Gasteiger partial charge in [-0.1, -0.05) is 16.4 Å². The molecule has 5 rings (SSSR count). The molecular formula is C20H15F3N8O2. The number of alkyl halides is 3. The highest BCUT2D eigenvalue weighted by molar-refractivity contribution is 5.74. The quantitative estimate of drug-likeness (QED) is 0.395. The van der Waals surface area contributed by atoms with Crippen LogP contribution in [-0.4, -0.2) is 46.3 Å². The van der Waals surface area contributed by atoms with E-state index in [4.69, 9.17) is 4.52 Å². The molecule has 3 aromatic heterocycles. The van der Waals surface area contributed by atoms with Gasteiger partial charge in [0, 0.05) is 12.6 Å². The van der Waals surface area contributed by atoms with Gasteiger partial charge in [-0.25, -0.2) is 14.3 Å². The zero-order valence-electron chi connectivity index (χ0n) is 17.3. The van der Waals surface area contributed by atoms with E-state index in [-0.39, 0.29) is 23.3 Å². The maximum atomic E-state index is 12.3. The van der Waals surface area contributed by atoms with E-state index < -0.39 is 6.36 Å². The molecule has 168 valence electrons. The summed E-state index contributed by atoms with van der Waals surface area (Å²) in [6.45, 7) is 2.25. The Hall–Kier alpha value is -4.29. The molecule has 10 nitrogen and oxygen atoms in total. The number of halogens is 3. The highest BCUT2D eigenvalue weighted by Gasteiger charge is 2.31. The highest BCUT2D eigenvalue weighted by Crippen LogP contribution is 2.26. The lowest BCUT2D eigenvalue weighted by Gasteiger charge is -2.08. The van der Waals surface area contributed by atoms with Gasteiger partial charge >= 0.3 is 6.36 Å². The number of ether oxygens (including phenoxy) is 1. The van der Waals surface area contributed by atoms with Crippen LogP contribution < -0.4 is 4.74 Å². The zero-order valence-corrected chi connectivity index (χ0v) is 17.3. The SMILES string of the molecule is Cc1nc(-c2nc(-c3ccc(OC(F)(F)F)cc3)no2)nn1Cc1ccc2c(c1)nnn2C. The summed E-state index contributed by atoms with van der Waals surface area (Å²) in [7, 11) is 1.83. The van der Waals surface area contributed by atoms with E-state index in [1.165, 1.54) is 24.3 Å². The molecule has 0 aliphatic heterocycles. The van der Waals surface area contributed by atoms with Crippen molar-refractivity contribution in [3.05, 3.63) is 53.9 Å². The van der Waals surface area contributed by atoms with E-state index >= 15 is 0 Å². The fraction of sp³-hybridized carbons (Fsp3) is 0.200. The minimum absolute atomic E-state index is 0.0897. The molecule has 33 heavy (non-hydrogen) atoms. The first-order chi connectivity index (χ1) is 15.7. The van der Waals surface area contributed by atoms with Crippen LogP contribution in [0.3, 0.4) is 0 Å². The summed E-state index contributed by atoms with van der Waals surface area (Å²) in [5, 5.41) is 16.4. The molecule has 0 unspecified atom stereocenters. The molecule has 0 radical (unpaired) electrons. The summed E-state index contributed by atoms with van der Waals surface area (Å²) >= 11 is 0. The Balaban J connectivity index is 1.35. The summed E-state index contributed by atoms with van der Waals surface area (Å²) < 4.78 is 49.5. The maximum Gasteiger partial charge on any atom is 0.573 e. The third kappa shape index (κ3) is 4.24. The zero-order chi connectivity index (χ0) is 23.2. The third-order valence-electron chi connectivity index (χ3n) is 4.83. The van der Waals surface area contributed by atoms with Crippen LogP contribution in [0.4, 0.5) is 13.2 Å². The van der Waals surface area contributed by atoms with Crippen molar-refractivity contribution in [1.29, 1.82) is 0 Å². The number of fused-ring (bicyclic) bond motifs is 1. The fourth-order valence-corrected chi connectivity index (χ4v) is 3.26. The van der Waals surface area contributed by atoms with E-state index in [0.717, 1.165) is 16.6 Å². The van der Waals surface area contributed by atoms with Crippen molar-refractivity contribution in [3.63, 3.8) is 0 Å². The van der Waals surface area contributed by atoms with E-state index in [2.05, 4.69) is 35.3 Å². The van der Waals surface area contributed by atoms with Gasteiger partial charge < -0.3 is 9.26 Å². The van der Waals surface area contributed by atoms with Gasteiger partial charge in [-0.3, -0.25) is 0 Å². The Labute approximate surface area is 183 Å². The normalized spacial score (nSPS) is 11.9. The standard InChI is InChI=1S/C20H15F3N8O2/c1-11-24-18(27-31(11)10-12-3-8-16-15(9-12)26-29-30(16)2)19-25-17(28-33-19)13-4-6-14(7-5-13)32-20(21,22)23/h3-9H,10H2,1-2H3. The first kappa shape index (κ1) is 20.6. The van der Waals surface area contributed by atoms with Gasteiger partial charge in [0.2, 0.25) is 11.6 Å². The molecule has 0 saturated carbocycles. The van der Waals surface area contributed by atoms with Crippen molar-refractivity contribution >= 4 is 11.0 Å². The lowest BCUT2D eigenvalue weighted by molar-refractivity contribution is -0.274. The molecule has 0 aliphatic carbocycles. The van der Waals surface area contributed by atoms with Crippen molar-refractivity contribution in [2.24, 2.45) is 7.05 Å². The lowest BCUT2D eigenvalue weighted by Crippen LogP contribution is -2.16. The van der Waals surface area contributed by atoms with Gasteiger partial charge in [0.25, 0.3) is 5.89 Å². The Kier molecular flexibility index (Phi) is 4.80. The van der Waals surface area contributed by atoms with Gasteiger partial charge in [-0.15, -0.1) is 23.4 Å². The maximum absolute atomic E-state index is 12.3. The van der Waals surface area contributed by atoms with Gasteiger partial charge in [0.1, 0.15) is 17.1 Å². The first-order valence-corrected chi connectivity index (χ1v) is 9.65. The number of nitrogens with zero attached hydrogens (tertiary/aromatic N) is 8. The van der Waals surface area contributed by atoms with Crippen molar-refractivity contribution < 1.29 is 22.4 Å². The van der Waals surface area contributed by atoms with E-state index in [9.17, 15) is 13.2 Å². The van der Waals surface area contributed by atoms with Gasteiger partial charge in [-0.2, -0.15) is 4.98 Å². The highest BCUT2D eigenvalue weighted by atomic mass is 19.4. The molecule has 0 bridgehead atoms. The van der Waals surface area contributed by atoms with E-state index in [1.807, 2.05) is 25.2 Å². The Morgan fingerprint density at radius 3 is 2.58 bits per heavy atom. The first-order valence-electron chi connectivity index (χ1n) is 9.65. The predicted octanol–water partition coefficient (Wildman–Crippen LogP) is 3.53. The van der Waals surface area contributed by atoms with E-state index in [1.54, 1.807) is 16.3 Å². The average Bonchev–Trinajstić information content (AvgIpc) is 3.47. The van der Waals surface area contributed by atoms with Crippen molar-refractivity contribution in [3.8, 4) is 28.9 Å². The van der Waals surface area contributed by atoms with E-state index in [0.29, 0.717) is 17.9 Å². The summed E-state index contributed by atoms with van der Waals surface area (Å²) in [5.74, 6) is 0.810. The second-order valence-electron chi connectivity index (χ2n) is 7.17. The van der Waals surface area contributed by atoms with Crippen LogP contribution in [0, 0.1) is 6.92 Å². The predicted molar refractivity (Wildman–Crippen MR) is 108 cm³/mol. The van der Waals surface area contributed by atoms with Crippen LogP contribution in [0.25, 0.3) is 34.1 Å². The van der Waals surface area contributed by atoms with Crippen LogP contribution in [0.2, 0.25) is 0 Å². The molecule has 0 fully saturated rings. The van der Waals surface area contributed by atoms with Crippen molar-refractivity contribution in [2.75, 3.05) is 0 Å². The number of hydrogen-bond donors (Lipinski definition) is 0. The van der Waals surface area contributed by atoms with Crippen molar-refractivity contribution in [2.45, 2.75) is 19.8 Å². The molecule has 13 heteroatoms. The second-order valence-corrected chi connectivity index (χ2v) is 7.17. The van der Waals surface area contributed by atoms with Crippen LogP contribution in [-0.2, 0) is 13.6 Å². The van der Waals surface area contributed by atoms with Crippen LogP contribution >= 0.6 is 0 Å². The van der Waals surface area contributed by atoms with Gasteiger partial charge in [0.05, 0.1) is 12.1 Å². The molecule has 0 spiro atoms. The lowest BCUT2D eigenvalue weighted by atomic mass is 10.2. The average molecular weight is 456 g/mol. The fourth-order valence-electron chi connectivity index (χ4n) is 3.26. The number of aromatic nitrogens is 8. The summed E-state index contributed by atoms with van der Waals surface area (Å²) in [4.78, 5) is 8.64. The number of rotatable bonds is 5. The monoisotopic (exact) mass is 456 g/mol. The topological polar surface area (TPSA) is 110 Å². The molecular weight excluding hydrogens is 441 g/mol. The minimum Gasteiger partial charge on any atom is -0.406 e. The third-order valence-corrected chi connectivity index (χ3v) is 4.83. The van der Waals surface area contributed by atoms with Crippen molar-refractivity contribution in [1.82, 2.24) is 39.9 Å². The Morgan fingerprint density at radius 1 is 1.03 bits per heavy atom. The Bertz CT molecular complexity index is 1440. The minimum atomic E-state index is -4.76. The molecule has 3 heterocycles. The van der Waals surface area contributed by atoms with Gasteiger partial charge in [0.15, 0.2) is 0 Å². The van der Waals surface area contributed by atoms with Crippen LogP contribution in [0.15, 0.2) is 47.0 Å². The van der Waals surface area contributed by atoms with Crippen LogP contribution in [0.5, 0.6) is 5.75 Å². The molecule has 2 aromatic carbocycles. The summed E-state index contributed by atoms with van der Waals surface area (Å²) in [6, 6.07) is 11.0. The molecule has 0 amide bonds. The Morgan fingerprint density at radius 2 is 1.82 bits per heavy atom. The largest absolute Gasteiger partial charge is 0.573 e. The van der Waals surface area contributed by atoms with Gasteiger partial charge in [-0.05, 0) is 48.9 Å². The summed E-state index contributed by atoms with van der Waals surface area (Å²) in [6.07, 6.45) is -4.76. The molecule has 0 N–H and O–H groups in total. The second kappa shape index (κ2) is 7.69. The van der Waals surface area contributed by atoms with Crippen LogP contribution in [0.1, 0.15) is 11.4 Å². The molecule has 5 aromatic rings. The smallest absolute Gasteiger partial charge is 0.406 e. The summed E-state index contributed by atoms with van der Waals surface area (Å²) in [5.41, 5.74) is 3.12. The number of benzene rings is 2. The molecule has 0 atom stereocenters. The number of hydrogen-bond acceptors (Lipinski definition) is 8. The molecule has 0 saturated heterocycles.